The zero-order valence-electron chi connectivity index (χ0n) is 9.82. The molecule has 0 fully saturated rings. The van der Waals surface area contributed by atoms with Crippen molar-refractivity contribution in [3.05, 3.63) is 35.3 Å². The van der Waals surface area contributed by atoms with Crippen LogP contribution in [0.1, 0.15) is 16.1 Å². The molecule has 0 spiro atoms. The van der Waals surface area contributed by atoms with E-state index in [1.165, 1.54) is 19.2 Å². The van der Waals surface area contributed by atoms with E-state index in [-0.39, 0.29) is 17.0 Å². The average Bonchev–Trinajstić information content (AvgIpc) is 2.81. The van der Waals surface area contributed by atoms with E-state index in [0.717, 1.165) is 5.56 Å². The zero-order valence-corrected chi connectivity index (χ0v) is 9.82. The van der Waals surface area contributed by atoms with Crippen LogP contribution in [0, 0.1) is 12.7 Å². The Morgan fingerprint density at radius 3 is 2.72 bits per heavy atom. The Labute approximate surface area is 102 Å². The van der Waals surface area contributed by atoms with Crippen molar-refractivity contribution < 1.29 is 19.0 Å². The van der Waals surface area contributed by atoms with Crippen LogP contribution in [0.5, 0.6) is 5.75 Å². The van der Waals surface area contributed by atoms with Gasteiger partial charge in [0.05, 0.1) is 12.8 Å². The lowest BCUT2D eigenvalue weighted by Gasteiger charge is -2.07. The SMILES string of the molecule is COc1cc(F)c(-c2cc(C(=O)O)[nH]n2)cc1C. The average molecular weight is 250 g/mol. The van der Waals surface area contributed by atoms with Gasteiger partial charge >= 0.3 is 5.97 Å². The Bertz CT molecular complexity index is 607. The van der Waals surface area contributed by atoms with E-state index in [4.69, 9.17) is 9.84 Å². The number of H-pyrrole nitrogens is 1. The van der Waals surface area contributed by atoms with Crippen molar-refractivity contribution in [2.75, 3.05) is 7.11 Å². The molecule has 0 saturated heterocycles. The standard InChI is InChI=1S/C12H11FN2O3/c1-6-3-7(8(13)4-11(6)18-2)9-5-10(12(16)17)15-14-9/h3-5H,1-2H3,(H,14,15)(H,16,17). The molecule has 0 saturated carbocycles. The molecular formula is C12H11FN2O3. The minimum absolute atomic E-state index is 0.0853. The number of halogens is 1. The summed E-state index contributed by atoms with van der Waals surface area (Å²) < 4.78 is 18.8. The molecule has 1 heterocycles. The Morgan fingerprint density at radius 1 is 1.44 bits per heavy atom. The number of hydrogen-bond acceptors (Lipinski definition) is 3. The van der Waals surface area contributed by atoms with Gasteiger partial charge in [-0.2, -0.15) is 5.10 Å². The number of aromatic amines is 1. The Balaban J connectivity index is 2.50. The van der Waals surface area contributed by atoms with Crippen LogP contribution >= 0.6 is 0 Å². The first-order valence-corrected chi connectivity index (χ1v) is 5.16. The molecule has 0 radical (unpaired) electrons. The maximum atomic E-state index is 13.8. The van der Waals surface area contributed by atoms with E-state index in [9.17, 15) is 9.18 Å². The van der Waals surface area contributed by atoms with Crippen LogP contribution in [0.15, 0.2) is 18.2 Å². The number of aromatic nitrogens is 2. The number of carboxylic acids is 1. The van der Waals surface area contributed by atoms with E-state index in [2.05, 4.69) is 10.2 Å². The number of hydrogen-bond donors (Lipinski definition) is 2. The van der Waals surface area contributed by atoms with E-state index >= 15 is 0 Å². The van der Waals surface area contributed by atoms with Gasteiger partial charge in [0.1, 0.15) is 17.3 Å². The zero-order chi connectivity index (χ0) is 13.3. The summed E-state index contributed by atoms with van der Waals surface area (Å²) in [5.41, 5.74) is 1.14. The van der Waals surface area contributed by atoms with Gasteiger partial charge in [0.2, 0.25) is 0 Å². The molecule has 5 nitrogen and oxygen atoms in total. The van der Waals surface area contributed by atoms with Gasteiger partial charge in [0, 0.05) is 11.6 Å². The summed E-state index contributed by atoms with van der Waals surface area (Å²) in [6.07, 6.45) is 0. The minimum Gasteiger partial charge on any atom is -0.496 e. The number of rotatable bonds is 3. The van der Waals surface area contributed by atoms with Gasteiger partial charge in [-0.3, -0.25) is 5.10 Å². The summed E-state index contributed by atoms with van der Waals surface area (Å²) in [7, 11) is 1.46. The van der Waals surface area contributed by atoms with Crippen molar-refractivity contribution >= 4 is 5.97 Å². The second-order valence-electron chi connectivity index (χ2n) is 3.77. The lowest BCUT2D eigenvalue weighted by Crippen LogP contribution is -1.95. The molecule has 1 aromatic carbocycles. The predicted molar refractivity (Wildman–Crippen MR) is 62.2 cm³/mol. The fourth-order valence-electron chi connectivity index (χ4n) is 1.65. The topological polar surface area (TPSA) is 75.2 Å². The number of methoxy groups -OCH3 is 1. The monoisotopic (exact) mass is 250 g/mol. The second-order valence-corrected chi connectivity index (χ2v) is 3.77. The number of carboxylic acid groups (broad SMARTS) is 1. The molecule has 18 heavy (non-hydrogen) atoms. The lowest BCUT2D eigenvalue weighted by atomic mass is 10.1. The Morgan fingerprint density at radius 2 is 2.17 bits per heavy atom. The highest BCUT2D eigenvalue weighted by molar-refractivity contribution is 5.86. The molecule has 0 aliphatic rings. The fourth-order valence-corrected chi connectivity index (χ4v) is 1.65. The molecule has 2 aromatic rings. The normalized spacial score (nSPS) is 10.4. The summed E-state index contributed by atoms with van der Waals surface area (Å²) in [5.74, 6) is -1.22. The van der Waals surface area contributed by atoms with Crippen LogP contribution in [0.2, 0.25) is 0 Å². The van der Waals surface area contributed by atoms with Crippen molar-refractivity contribution in [1.29, 1.82) is 0 Å². The Hall–Kier alpha value is -2.37. The van der Waals surface area contributed by atoms with Crippen molar-refractivity contribution in [3.63, 3.8) is 0 Å². The van der Waals surface area contributed by atoms with Crippen LogP contribution in [0.4, 0.5) is 4.39 Å². The number of aromatic carboxylic acids is 1. The second kappa shape index (κ2) is 4.48. The van der Waals surface area contributed by atoms with Crippen molar-refractivity contribution in [3.8, 4) is 17.0 Å². The van der Waals surface area contributed by atoms with Gasteiger partial charge in [-0.05, 0) is 24.6 Å². The number of aryl methyl sites for hydroxylation is 1. The summed E-state index contributed by atoms with van der Waals surface area (Å²) in [6, 6.07) is 4.10. The molecule has 0 bridgehead atoms. The minimum atomic E-state index is -1.14. The Kier molecular flexibility index (Phi) is 3.01. The van der Waals surface area contributed by atoms with E-state index in [0.29, 0.717) is 5.75 Å². The third kappa shape index (κ3) is 2.04. The highest BCUT2D eigenvalue weighted by Crippen LogP contribution is 2.28. The smallest absolute Gasteiger partial charge is 0.353 e. The first-order chi connectivity index (χ1) is 8.52. The summed E-state index contributed by atoms with van der Waals surface area (Å²) in [5, 5.41) is 14.9. The quantitative estimate of drug-likeness (QED) is 0.875. The molecule has 1 aromatic heterocycles. The summed E-state index contributed by atoms with van der Waals surface area (Å²) >= 11 is 0. The number of benzene rings is 1. The molecule has 0 aliphatic heterocycles. The van der Waals surface area contributed by atoms with E-state index in [1.807, 2.05) is 0 Å². The predicted octanol–water partition coefficient (Wildman–Crippen LogP) is 2.23. The van der Waals surface area contributed by atoms with Crippen LogP contribution in [0.25, 0.3) is 11.3 Å². The highest BCUT2D eigenvalue weighted by atomic mass is 19.1. The summed E-state index contributed by atoms with van der Waals surface area (Å²) in [6.45, 7) is 1.77. The number of nitrogens with one attached hydrogen (secondary N) is 1. The molecule has 94 valence electrons. The molecule has 0 aliphatic carbocycles. The maximum Gasteiger partial charge on any atom is 0.353 e. The highest BCUT2D eigenvalue weighted by Gasteiger charge is 2.14. The van der Waals surface area contributed by atoms with Crippen molar-refractivity contribution in [1.82, 2.24) is 10.2 Å². The lowest BCUT2D eigenvalue weighted by molar-refractivity contribution is 0.0690. The van der Waals surface area contributed by atoms with Gasteiger partial charge < -0.3 is 9.84 Å². The number of nitrogens with zero attached hydrogens (tertiary/aromatic N) is 1. The van der Waals surface area contributed by atoms with Crippen molar-refractivity contribution in [2.45, 2.75) is 6.92 Å². The molecular weight excluding hydrogens is 239 g/mol. The van der Waals surface area contributed by atoms with Crippen LogP contribution in [-0.4, -0.2) is 28.4 Å². The maximum absolute atomic E-state index is 13.8. The fraction of sp³-hybridized carbons (Fsp3) is 0.167. The molecule has 6 heteroatoms. The van der Waals surface area contributed by atoms with Crippen LogP contribution < -0.4 is 4.74 Å². The van der Waals surface area contributed by atoms with E-state index < -0.39 is 11.8 Å². The molecule has 2 N–H and O–H groups in total. The largest absolute Gasteiger partial charge is 0.496 e. The molecule has 0 atom stereocenters. The molecule has 0 unspecified atom stereocenters. The van der Waals surface area contributed by atoms with Crippen molar-refractivity contribution in [2.24, 2.45) is 0 Å². The first kappa shape index (κ1) is 12.1. The van der Waals surface area contributed by atoms with Gasteiger partial charge in [-0.15, -0.1) is 0 Å². The van der Waals surface area contributed by atoms with Crippen LogP contribution in [-0.2, 0) is 0 Å². The van der Waals surface area contributed by atoms with Gasteiger partial charge in [-0.25, -0.2) is 9.18 Å². The van der Waals surface area contributed by atoms with Crippen LogP contribution in [0.3, 0.4) is 0 Å². The first-order valence-electron chi connectivity index (χ1n) is 5.16. The number of ether oxygens (including phenoxy) is 1. The summed E-state index contributed by atoms with van der Waals surface area (Å²) in [4.78, 5) is 10.7. The van der Waals surface area contributed by atoms with E-state index in [1.54, 1.807) is 13.0 Å². The van der Waals surface area contributed by atoms with Gasteiger partial charge in [0.15, 0.2) is 0 Å². The third-order valence-corrected chi connectivity index (χ3v) is 2.57. The van der Waals surface area contributed by atoms with Gasteiger partial charge in [0.25, 0.3) is 0 Å². The van der Waals surface area contributed by atoms with Gasteiger partial charge in [-0.1, -0.05) is 0 Å². The third-order valence-electron chi connectivity index (χ3n) is 2.57. The molecule has 2 rings (SSSR count). The number of carbonyl (C=O) groups is 1. The molecule has 0 amide bonds.